The van der Waals surface area contributed by atoms with Crippen LogP contribution >= 0.6 is 0 Å². The van der Waals surface area contributed by atoms with Crippen molar-refractivity contribution in [3.63, 3.8) is 0 Å². The second kappa shape index (κ2) is 5.80. The van der Waals surface area contributed by atoms with E-state index in [-0.39, 0.29) is 11.8 Å². The Kier molecular flexibility index (Phi) is 3.69. The van der Waals surface area contributed by atoms with Gasteiger partial charge in [0.05, 0.1) is 18.8 Å². The molecule has 0 spiro atoms. The third-order valence-electron chi connectivity index (χ3n) is 3.45. The number of amides is 2. The molecule has 0 aliphatic carbocycles. The lowest BCUT2D eigenvalue weighted by atomic mass is 10.2. The molecule has 22 heavy (non-hydrogen) atoms. The van der Waals surface area contributed by atoms with E-state index in [1.165, 1.54) is 13.0 Å². The van der Waals surface area contributed by atoms with Crippen LogP contribution in [0.25, 0.3) is 6.08 Å². The predicted molar refractivity (Wildman–Crippen MR) is 80.4 cm³/mol. The number of pyridine rings is 1. The second-order valence-electron chi connectivity index (χ2n) is 5.01. The average molecular weight is 297 g/mol. The Morgan fingerprint density at radius 1 is 1.41 bits per heavy atom. The van der Waals surface area contributed by atoms with E-state index in [9.17, 15) is 9.59 Å². The Morgan fingerprint density at radius 3 is 3.00 bits per heavy atom. The second-order valence-corrected chi connectivity index (χ2v) is 5.01. The summed E-state index contributed by atoms with van der Waals surface area (Å²) in [5.41, 5.74) is 2.50. The molecule has 0 saturated heterocycles. The average Bonchev–Trinajstić information content (AvgIpc) is 3.08. The van der Waals surface area contributed by atoms with Crippen LogP contribution in [0.5, 0.6) is 0 Å². The highest BCUT2D eigenvalue weighted by Gasteiger charge is 2.26. The normalized spacial score (nSPS) is 13.4. The summed E-state index contributed by atoms with van der Waals surface area (Å²) in [6, 6.07) is 3.66. The highest BCUT2D eigenvalue weighted by Crippen LogP contribution is 2.26. The monoisotopic (exact) mass is 297 g/mol. The molecule has 0 saturated carbocycles. The number of carbonyl (C=O) groups excluding carboxylic acids is 2. The van der Waals surface area contributed by atoms with E-state index in [0.29, 0.717) is 18.9 Å². The van der Waals surface area contributed by atoms with Gasteiger partial charge in [0.2, 0.25) is 11.8 Å². The maximum Gasteiger partial charge on any atom is 0.249 e. The van der Waals surface area contributed by atoms with Gasteiger partial charge in [-0.2, -0.15) is 5.10 Å². The van der Waals surface area contributed by atoms with Gasteiger partial charge in [-0.3, -0.25) is 19.7 Å². The van der Waals surface area contributed by atoms with Gasteiger partial charge in [0, 0.05) is 31.0 Å². The van der Waals surface area contributed by atoms with Crippen LogP contribution in [0, 0.1) is 0 Å². The van der Waals surface area contributed by atoms with Crippen LogP contribution in [0.15, 0.2) is 30.6 Å². The van der Waals surface area contributed by atoms with E-state index in [1.54, 1.807) is 29.4 Å². The molecule has 1 aliphatic heterocycles. The van der Waals surface area contributed by atoms with E-state index in [1.807, 2.05) is 6.07 Å². The Bertz CT molecular complexity index is 736. The minimum atomic E-state index is -0.267. The predicted octanol–water partition coefficient (Wildman–Crippen LogP) is 1.32. The first kappa shape index (κ1) is 14.0. The van der Waals surface area contributed by atoms with Gasteiger partial charge >= 0.3 is 0 Å². The molecule has 0 fully saturated rings. The molecule has 0 bridgehead atoms. The number of carbonyl (C=O) groups is 2. The zero-order valence-electron chi connectivity index (χ0n) is 12.0. The van der Waals surface area contributed by atoms with Gasteiger partial charge in [0.1, 0.15) is 5.82 Å². The van der Waals surface area contributed by atoms with Gasteiger partial charge in [-0.05, 0) is 17.7 Å². The molecule has 2 aromatic heterocycles. The van der Waals surface area contributed by atoms with Gasteiger partial charge in [-0.1, -0.05) is 6.07 Å². The minimum Gasteiger partial charge on any atom is -0.332 e. The van der Waals surface area contributed by atoms with Gasteiger partial charge in [0.15, 0.2) is 0 Å². The van der Waals surface area contributed by atoms with Crippen LogP contribution < -0.4 is 5.32 Å². The first-order valence-corrected chi connectivity index (χ1v) is 6.84. The summed E-state index contributed by atoms with van der Waals surface area (Å²) < 4.78 is 0. The summed E-state index contributed by atoms with van der Waals surface area (Å²) in [5, 5.41) is 9.68. The summed E-state index contributed by atoms with van der Waals surface area (Å²) in [4.78, 5) is 29.0. The van der Waals surface area contributed by atoms with Crippen LogP contribution in [0.1, 0.15) is 23.7 Å². The van der Waals surface area contributed by atoms with Crippen LogP contribution in [0.2, 0.25) is 0 Å². The van der Waals surface area contributed by atoms with Crippen molar-refractivity contribution in [2.75, 3.05) is 5.32 Å². The van der Waals surface area contributed by atoms with Gasteiger partial charge < -0.3 is 10.2 Å². The zero-order chi connectivity index (χ0) is 15.5. The molecule has 0 atom stereocenters. The molecule has 2 aromatic rings. The molecule has 7 nitrogen and oxygen atoms in total. The maximum absolute atomic E-state index is 12.0. The van der Waals surface area contributed by atoms with Crippen LogP contribution in [0.3, 0.4) is 0 Å². The van der Waals surface area contributed by atoms with Gasteiger partial charge in [-0.25, -0.2) is 0 Å². The van der Waals surface area contributed by atoms with E-state index >= 15 is 0 Å². The standard InChI is InChI=1S/C15H15N5O2/c1-10(21)20-8-12-13(9-20)18-19-15(12)17-14(22)5-4-11-3-2-6-16-7-11/h2-7H,8-9H2,1H3,(H2,17,18,19,22). The summed E-state index contributed by atoms with van der Waals surface area (Å²) in [6.45, 7) is 2.45. The number of nitrogens with one attached hydrogen (secondary N) is 2. The van der Waals surface area contributed by atoms with Crippen molar-refractivity contribution >= 4 is 23.7 Å². The summed E-state index contributed by atoms with van der Waals surface area (Å²) in [7, 11) is 0. The number of nitrogens with zero attached hydrogens (tertiary/aromatic N) is 3. The molecule has 3 rings (SSSR count). The molecule has 0 aromatic carbocycles. The Morgan fingerprint density at radius 2 is 2.27 bits per heavy atom. The van der Waals surface area contributed by atoms with E-state index in [2.05, 4.69) is 20.5 Å². The Balaban J connectivity index is 1.67. The highest BCUT2D eigenvalue weighted by molar-refractivity contribution is 6.01. The van der Waals surface area contributed by atoms with E-state index in [0.717, 1.165) is 16.8 Å². The SMILES string of the molecule is CC(=O)N1Cc2n[nH]c(NC(=O)C=Cc3cccnc3)c2C1. The Hall–Kier alpha value is -2.96. The molecule has 7 heteroatoms. The largest absolute Gasteiger partial charge is 0.332 e. The minimum absolute atomic E-state index is 0.00764. The van der Waals surface area contributed by atoms with Crippen molar-refractivity contribution in [2.45, 2.75) is 20.0 Å². The topological polar surface area (TPSA) is 91.0 Å². The lowest BCUT2D eigenvalue weighted by Crippen LogP contribution is -2.22. The molecular weight excluding hydrogens is 282 g/mol. The number of rotatable bonds is 3. The molecule has 2 amide bonds. The third-order valence-corrected chi connectivity index (χ3v) is 3.45. The fourth-order valence-electron chi connectivity index (χ4n) is 2.27. The molecule has 0 radical (unpaired) electrons. The molecule has 2 N–H and O–H groups in total. The number of hydrogen-bond donors (Lipinski definition) is 2. The fraction of sp³-hybridized carbons (Fsp3) is 0.200. The maximum atomic E-state index is 12.0. The van der Waals surface area contributed by atoms with Crippen molar-refractivity contribution in [2.24, 2.45) is 0 Å². The third kappa shape index (κ3) is 2.88. The highest BCUT2D eigenvalue weighted by atomic mass is 16.2. The van der Waals surface area contributed by atoms with Crippen molar-refractivity contribution in [3.05, 3.63) is 47.4 Å². The zero-order valence-corrected chi connectivity index (χ0v) is 12.0. The summed E-state index contributed by atoms with van der Waals surface area (Å²) in [5.74, 6) is 0.267. The van der Waals surface area contributed by atoms with E-state index < -0.39 is 0 Å². The number of hydrogen-bond acceptors (Lipinski definition) is 4. The molecular formula is C15H15N5O2. The van der Waals surface area contributed by atoms with E-state index in [4.69, 9.17) is 0 Å². The quantitative estimate of drug-likeness (QED) is 0.836. The number of fused-ring (bicyclic) bond motifs is 1. The lowest BCUT2D eigenvalue weighted by Gasteiger charge is -2.12. The van der Waals surface area contributed by atoms with Crippen molar-refractivity contribution in [1.82, 2.24) is 20.1 Å². The first-order chi connectivity index (χ1) is 10.6. The number of aromatic nitrogens is 3. The van der Waals surface area contributed by atoms with Crippen LogP contribution in [0.4, 0.5) is 5.82 Å². The molecule has 112 valence electrons. The van der Waals surface area contributed by atoms with Gasteiger partial charge in [0.25, 0.3) is 0 Å². The van der Waals surface area contributed by atoms with Crippen LogP contribution in [-0.2, 0) is 22.7 Å². The number of H-pyrrole nitrogens is 1. The molecule has 3 heterocycles. The number of anilines is 1. The first-order valence-electron chi connectivity index (χ1n) is 6.84. The molecule has 0 unspecified atom stereocenters. The van der Waals surface area contributed by atoms with Crippen molar-refractivity contribution in [1.29, 1.82) is 0 Å². The fourth-order valence-corrected chi connectivity index (χ4v) is 2.27. The van der Waals surface area contributed by atoms with Crippen molar-refractivity contribution < 1.29 is 9.59 Å². The smallest absolute Gasteiger partial charge is 0.249 e. The van der Waals surface area contributed by atoms with Gasteiger partial charge in [-0.15, -0.1) is 0 Å². The lowest BCUT2D eigenvalue weighted by molar-refractivity contribution is -0.129. The summed E-state index contributed by atoms with van der Waals surface area (Å²) >= 11 is 0. The summed E-state index contributed by atoms with van der Waals surface area (Å²) in [6.07, 6.45) is 6.46. The molecule has 1 aliphatic rings. The van der Waals surface area contributed by atoms with Crippen LogP contribution in [-0.4, -0.2) is 31.9 Å². The number of aromatic amines is 1. The van der Waals surface area contributed by atoms with Crippen molar-refractivity contribution in [3.8, 4) is 0 Å². The Labute approximate surface area is 127 Å².